The largest absolute Gasteiger partial charge is 0.308 e. The van der Waals surface area contributed by atoms with E-state index in [9.17, 15) is 5.26 Å². The molecule has 3 nitrogen and oxygen atoms in total. The van der Waals surface area contributed by atoms with Gasteiger partial charge in [0.2, 0.25) is 0 Å². The van der Waals surface area contributed by atoms with Gasteiger partial charge in [0, 0.05) is 19.6 Å². The molecule has 1 aromatic rings. The van der Waals surface area contributed by atoms with Crippen molar-refractivity contribution in [3.05, 3.63) is 35.9 Å². The molecule has 1 atom stereocenters. The molecule has 0 fully saturated rings. The summed E-state index contributed by atoms with van der Waals surface area (Å²) in [5.74, 6) is -0.0386. The zero-order chi connectivity index (χ0) is 12.7. The van der Waals surface area contributed by atoms with Crippen LogP contribution in [0, 0.1) is 11.3 Å². The predicted octanol–water partition coefficient (Wildman–Crippen LogP) is 1.79. The van der Waals surface area contributed by atoms with Crippen molar-refractivity contribution >= 4 is 0 Å². The second-order valence-electron chi connectivity index (χ2n) is 4.66. The van der Waals surface area contributed by atoms with E-state index in [-0.39, 0.29) is 5.92 Å². The van der Waals surface area contributed by atoms with Crippen molar-refractivity contribution in [2.75, 3.05) is 40.8 Å². The van der Waals surface area contributed by atoms with Crippen molar-refractivity contribution in [3.63, 3.8) is 0 Å². The molecule has 0 aliphatic heterocycles. The maximum absolute atomic E-state index is 9.22. The number of likely N-dealkylation sites (N-methyl/N-ethyl adjacent to an activating group) is 2. The van der Waals surface area contributed by atoms with Crippen LogP contribution in [-0.4, -0.2) is 50.6 Å². The van der Waals surface area contributed by atoms with Crippen LogP contribution < -0.4 is 0 Å². The summed E-state index contributed by atoms with van der Waals surface area (Å²) in [6, 6.07) is 12.4. The summed E-state index contributed by atoms with van der Waals surface area (Å²) < 4.78 is 0. The topological polar surface area (TPSA) is 30.3 Å². The molecular weight excluding hydrogens is 210 g/mol. The molecular formula is C14H21N3. The van der Waals surface area contributed by atoms with Crippen LogP contribution in [0.2, 0.25) is 0 Å². The van der Waals surface area contributed by atoms with Gasteiger partial charge in [-0.25, -0.2) is 0 Å². The Morgan fingerprint density at radius 2 is 1.76 bits per heavy atom. The fraction of sp³-hybridized carbons (Fsp3) is 0.500. The first-order valence-electron chi connectivity index (χ1n) is 5.91. The van der Waals surface area contributed by atoms with Crippen LogP contribution in [0.3, 0.4) is 0 Å². The Kier molecular flexibility index (Phi) is 5.68. The maximum Gasteiger partial charge on any atom is 0.0839 e. The molecule has 0 saturated heterocycles. The Bertz CT molecular complexity index is 353. The minimum Gasteiger partial charge on any atom is -0.308 e. The standard InChI is InChI=1S/C14H21N3/c1-16(2)9-10-17(3)12-14(11-15)13-7-5-4-6-8-13/h4-8,14H,9-10,12H2,1-3H3. The van der Waals surface area contributed by atoms with Crippen LogP contribution in [0.1, 0.15) is 11.5 Å². The highest BCUT2D eigenvalue weighted by Gasteiger charge is 2.12. The Morgan fingerprint density at radius 1 is 1.12 bits per heavy atom. The summed E-state index contributed by atoms with van der Waals surface area (Å²) in [5.41, 5.74) is 1.10. The van der Waals surface area contributed by atoms with Crippen LogP contribution in [-0.2, 0) is 0 Å². The Morgan fingerprint density at radius 3 is 2.29 bits per heavy atom. The van der Waals surface area contributed by atoms with E-state index in [2.05, 4.69) is 37.0 Å². The molecule has 0 aliphatic carbocycles. The van der Waals surface area contributed by atoms with E-state index in [4.69, 9.17) is 0 Å². The van der Waals surface area contributed by atoms with Gasteiger partial charge in [0.25, 0.3) is 0 Å². The first kappa shape index (κ1) is 13.7. The normalized spacial score (nSPS) is 12.7. The molecule has 0 bridgehead atoms. The molecule has 0 spiro atoms. The van der Waals surface area contributed by atoms with E-state index in [1.807, 2.05) is 30.3 Å². The number of hydrogen-bond acceptors (Lipinski definition) is 3. The molecule has 0 saturated carbocycles. The number of rotatable bonds is 6. The molecule has 0 radical (unpaired) electrons. The van der Waals surface area contributed by atoms with Gasteiger partial charge in [-0.1, -0.05) is 30.3 Å². The van der Waals surface area contributed by atoms with E-state index in [1.165, 1.54) is 0 Å². The van der Waals surface area contributed by atoms with Gasteiger partial charge in [-0.3, -0.25) is 0 Å². The van der Waals surface area contributed by atoms with Crippen LogP contribution >= 0.6 is 0 Å². The first-order chi connectivity index (χ1) is 8.13. The van der Waals surface area contributed by atoms with Gasteiger partial charge in [-0.05, 0) is 26.7 Å². The van der Waals surface area contributed by atoms with Crippen molar-refractivity contribution in [1.82, 2.24) is 9.80 Å². The molecule has 92 valence electrons. The third-order valence-electron chi connectivity index (χ3n) is 2.78. The summed E-state index contributed by atoms with van der Waals surface area (Å²) in [7, 11) is 6.19. The van der Waals surface area contributed by atoms with Crippen molar-refractivity contribution < 1.29 is 0 Å². The van der Waals surface area contributed by atoms with Crippen molar-refractivity contribution in [1.29, 1.82) is 5.26 Å². The number of nitrogens with zero attached hydrogens (tertiary/aromatic N) is 3. The van der Waals surface area contributed by atoms with Gasteiger partial charge in [0.15, 0.2) is 0 Å². The zero-order valence-corrected chi connectivity index (χ0v) is 10.9. The van der Waals surface area contributed by atoms with E-state index in [0.717, 1.165) is 25.2 Å². The van der Waals surface area contributed by atoms with Gasteiger partial charge in [-0.15, -0.1) is 0 Å². The SMILES string of the molecule is CN(C)CCN(C)CC(C#N)c1ccccc1. The van der Waals surface area contributed by atoms with E-state index >= 15 is 0 Å². The Hall–Kier alpha value is -1.37. The minimum absolute atomic E-state index is 0.0386. The highest BCUT2D eigenvalue weighted by Crippen LogP contribution is 2.15. The highest BCUT2D eigenvalue weighted by molar-refractivity contribution is 5.25. The summed E-state index contributed by atoms with van der Waals surface area (Å²) in [4.78, 5) is 4.36. The van der Waals surface area contributed by atoms with Crippen LogP contribution in [0.25, 0.3) is 0 Å². The van der Waals surface area contributed by atoms with E-state index in [1.54, 1.807) is 0 Å². The molecule has 0 aromatic heterocycles. The lowest BCUT2D eigenvalue weighted by Crippen LogP contribution is -2.31. The highest BCUT2D eigenvalue weighted by atomic mass is 15.1. The lowest BCUT2D eigenvalue weighted by Gasteiger charge is -2.21. The average molecular weight is 231 g/mol. The Balaban J connectivity index is 2.51. The third-order valence-corrected chi connectivity index (χ3v) is 2.78. The molecule has 17 heavy (non-hydrogen) atoms. The lowest BCUT2D eigenvalue weighted by atomic mass is 10.0. The molecule has 0 heterocycles. The molecule has 3 heteroatoms. The fourth-order valence-electron chi connectivity index (χ4n) is 1.68. The first-order valence-corrected chi connectivity index (χ1v) is 5.91. The summed E-state index contributed by atoms with van der Waals surface area (Å²) in [5, 5.41) is 9.22. The molecule has 1 unspecified atom stereocenters. The fourth-order valence-corrected chi connectivity index (χ4v) is 1.68. The van der Waals surface area contributed by atoms with Crippen molar-refractivity contribution in [3.8, 4) is 6.07 Å². The third kappa shape index (κ3) is 4.99. The molecule has 0 amide bonds. The van der Waals surface area contributed by atoms with Crippen molar-refractivity contribution in [2.24, 2.45) is 0 Å². The van der Waals surface area contributed by atoms with Gasteiger partial charge in [0.1, 0.15) is 0 Å². The van der Waals surface area contributed by atoms with Crippen LogP contribution in [0.15, 0.2) is 30.3 Å². The molecule has 1 aromatic carbocycles. The monoisotopic (exact) mass is 231 g/mol. The van der Waals surface area contributed by atoms with E-state index < -0.39 is 0 Å². The predicted molar refractivity (Wildman–Crippen MR) is 70.8 cm³/mol. The smallest absolute Gasteiger partial charge is 0.0839 e. The minimum atomic E-state index is -0.0386. The summed E-state index contributed by atoms with van der Waals surface area (Å²) in [6.07, 6.45) is 0. The Labute approximate surface area is 104 Å². The quantitative estimate of drug-likeness (QED) is 0.747. The second kappa shape index (κ2) is 7.05. The summed E-state index contributed by atoms with van der Waals surface area (Å²) >= 11 is 0. The van der Waals surface area contributed by atoms with Gasteiger partial charge < -0.3 is 9.80 Å². The molecule has 0 N–H and O–H groups in total. The van der Waals surface area contributed by atoms with Crippen LogP contribution in [0.4, 0.5) is 0 Å². The molecule has 1 rings (SSSR count). The second-order valence-corrected chi connectivity index (χ2v) is 4.66. The lowest BCUT2D eigenvalue weighted by molar-refractivity contribution is 0.278. The summed E-state index contributed by atoms with van der Waals surface area (Å²) in [6.45, 7) is 2.79. The van der Waals surface area contributed by atoms with Gasteiger partial charge >= 0.3 is 0 Å². The van der Waals surface area contributed by atoms with Crippen LogP contribution in [0.5, 0.6) is 0 Å². The van der Waals surface area contributed by atoms with Gasteiger partial charge in [0.05, 0.1) is 12.0 Å². The molecule has 0 aliphatic rings. The average Bonchev–Trinajstić information content (AvgIpc) is 2.34. The van der Waals surface area contributed by atoms with E-state index in [0.29, 0.717) is 0 Å². The number of benzene rings is 1. The zero-order valence-electron chi connectivity index (χ0n) is 10.9. The number of hydrogen-bond donors (Lipinski definition) is 0. The van der Waals surface area contributed by atoms with Gasteiger partial charge in [-0.2, -0.15) is 5.26 Å². The maximum atomic E-state index is 9.22. The number of nitriles is 1. The van der Waals surface area contributed by atoms with Crippen molar-refractivity contribution in [2.45, 2.75) is 5.92 Å².